The highest BCUT2D eigenvalue weighted by molar-refractivity contribution is 6.35. The Morgan fingerprint density at radius 2 is 2.10 bits per heavy atom. The molecule has 0 radical (unpaired) electrons. The van der Waals surface area contributed by atoms with Gasteiger partial charge in [-0.25, -0.2) is 9.48 Å². The van der Waals surface area contributed by atoms with Crippen LogP contribution in [0, 0.1) is 0 Å². The van der Waals surface area contributed by atoms with E-state index in [1.807, 2.05) is 0 Å². The van der Waals surface area contributed by atoms with Crippen LogP contribution in [-0.4, -0.2) is 20.9 Å². The summed E-state index contributed by atoms with van der Waals surface area (Å²) >= 11 is 11.9. The van der Waals surface area contributed by atoms with E-state index in [0.29, 0.717) is 27.7 Å². The summed E-state index contributed by atoms with van der Waals surface area (Å²) in [6.07, 6.45) is 1.87. The number of hydrogen-bond donors (Lipinski definition) is 1. The molecule has 0 fully saturated rings. The van der Waals surface area contributed by atoms with E-state index in [0.717, 1.165) is 0 Å². The lowest BCUT2D eigenvalue weighted by Crippen LogP contribution is -2.24. The first-order valence-corrected chi connectivity index (χ1v) is 6.51. The third-order valence-electron chi connectivity index (χ3n) is 2.73. The molecule has 0 amide bonds. The number of benzene rings is 1. The van der Waals surface area contributed by atoms with Gasteiger partial charge >= 0.3 is 5.97 Å². The van der Waals surface area contributed by atoms with E-state index in [1.54, 1.807) is 19.1 Å². The third kappa shape index (κ3) is 2.69. The predicted octanol–water partition coefficient (Wildman–Crippen LogP) is 2.80. The predicted molar refractivity (Wildman–Crippen MR) is 76.2 cm³/mol. The van der Waals surface area contributed by atoms with Gasteiger partial charge in [0.2, 0.25) is 11.1 Å². The average Bonchev–Trinajstić information content (AvgIpc) is 2.39. The summed E-state index contributed by atoms with van der Waals surface area (Å²) in [7, 11) is 0. The average molecular weight is 313 g/mol. The lowest BCUT2D eigenvalue weighted by atomic mass is 10.2. The smallest absolute Gasteiger partial charge is 0.360 e. The summed E-state index contributed by atoms with van der Waals surface area (Å²) in [6, 6.07) is 4.73. The van der Waals surface area contributed by atoms with Crippen molar-refractivity contribution in [1.82, 2.24) is 9.78 Å². The second kappa shape index (κ2) is 5.64. The first kappa shape index (κ1) is 14.6. The van der Waals surface area contributed by atoms with Crippen LogP contribution in [0.25, 0.3) is 5.69 Å². The minimum Gasteiger partial charge on any atom is -0.476 e. The van der Waals surface area contributed by atoms with Gasteiger partial charge in [0.15, 0.2) is 0 Å². The number of aromatic nitrogens is 2. The van der Waals surface area contributed by atoms with Gasteiger partial charge in [0.05, 0.1) is 10.7 Å². The van der Waals surface area contributed by atoms with E-state index in [4.69, 9.17) is 28.3 Å². The number of rotatable bonds is 3. The molecule has 0 unspecified atom stereocenters. The van der Waals surface area contributed by atoms with Crippen LogP contribution in [0.2, 0.25) is 10.0 Å². The highest BCUT2D eigenvalue weighted by atomic mass is 35.5. The zero-order valence-corrected chi connectivity index (χ0v) is 11.9. The Hall–Kier alpha value is -1.85. The summed E-state index contributed by atoms with van der Waals surface area (Å²) in [5.74, 6) is -1.37. The second-order valence-electron chi connectivity index (χ2n) is 4.03. The number of nitrogens with zero attached hydrogens (tertiary/aromatic N) is 2. The van der Waals surface area contributed by atoms with E-state index >= 15 is 0 Å². The van der Waals surface area contributed by atoms with E-state index in [-0.39, 0.29) is 0 Å². The van der Waals surface area contributed by atoms with Crippen molar-refractivity contribution in [2.24, 2.45) is 0 Å². The summed E-state index contributed by atoms with van der Waals surface area (Å²) in [6.45, 7) is 1.76. The lowest BCUT2D eigenvalue weighted by molar-refractivity contribution is 0.0686. The summed E-state index contributed by atoms with van der Waals surface area (Å²) in [5.41, 5.74) is -0.312. The van der Waals surface area contributed by atoms with Crippen LogP contribution in [0.3, 0.4) is 0 Å². The molecule has 0 aliphatic carbocycles. The van der Waals surface area contributed by atoms with Gasteiger partial charge in [-0.15, -0.1) is 0 Å². The monoisotopic (exact) mass is 312 g/mol. The first-order chi connectivity index (χ1) is 9.43. The van der Waals surface area contributed by atoms with Crippen LogP contribution in [0.4, 0.5) is 0 Å². The fraction of sp³-hybridized carbons (Fsp3) is 0.154. The molecule has 7 heteroatoms. The van der Waals surface area contributed by atoms with Crippen molar-refractivity contribution in [2.45, 2.75) is 13.3 Å². The number of aryl methyl sites for hydroxylation is 1. The first-order valence-electron chi connectivity index (χ1n) is 5.75. The van der Waals surface area contributed by atoms with Crippen molar-refractivity contribution in [2.75, 3.05) is 0 Å². The molecule has 20 heavy (non-hydrogen) atoms. The van der Waals surface area contributed by atoms with Crippen molar-refractivity contribution >= 4 is 29.2 Å². The maximum Gasteiger partial charge on any atom is 0.360 e. The minimum atomic E-state index is -1.37. The number of carbonyl (C=O) groups is 1. The Morgan fingerprint density at radius 3 is 2.65 bits per heavy atom. The highest BCUT2D eigenvalue weighted by Crippen LogP contribution is 2.23. The number of hydrogen-bond acceptors (Lipinski definition) is 3. The van der Waals surface area contributed by atoms with Crippen molar-refractivity contribution < 1.29 is 9.90 Å². The standard InChI is InChI=1S/C13H10Cl2N2O3/c1-2-7-6-17(16-11(12(7)18)13(19)20)10-4-3-8(14)5-9(10)15/h3-6H,2H2,1H3,(H,19,20). The SMILES string of the molecule is CCc1cn(-c2ccc(Cl)cc2Cl)nc(C(=O)O)c1=O. The Bertz CT molecular complexity index is 741. The van der Waals surface area contributed by atoms with E-state index < -0.39 is 17.1 Å². The molecule has 1 aromatic heterocycles. The zero-order valence-electron chi connectivity index (χ0n) is 10.4. The van der Waals surface area contributed by atoms with Gasteiger partial charge in [0, 0.05) is 16.8 Å². The highest BCUT2D eigenvalue weighted by Gasteiger charge is 2.16. The zero-order chi connectivity index (χ0) is 14.9. The maximum atomic E-state index is 11.9. The van der Waals surface area contributed by atoms with Crippen LogP contribution in [0.5, 0.6) is 0 Å². The number of aromatic carboxylic acids is 1. The quantitative estimate of drug-likeness (QED) is 0.946. The van der Waals surface area contributed by atoms with Crippen LogP contribution >= 0.6 is 23.2 Å². The van der Waals surface area contributed by atoms with Gasteiger partial charge < -0.3 is 5.11 Å². The summed E-state index contributed by atoms with van der Waals surface area (Å²) in [5, 5.41) is 13.6. The molecule has 0 saturated carbocycles. The third-order valence-corrected chi connectivity index (χ3v) is 3.27. The molecular weight excluding hydrogens is 303 g/mol. The molecule has 0 aliphatic heterocycles. The molecule has 1 N–H and O–H groups in total. The van der Waals surface area contributed by atoms with Gasteiger partial charge in [-0.05, 0) is 24.6 Å². The van der Waals surface area contributed by atoms with Gasteiger partial charge in [0.1, 0.15) is 0 Å². The fourth-order valence-electron chi connectivity index (χ4n) is 1.72. The molecule has 2 rings (SSSR count). The molecule has 0 aliphatic rings. The van der Waals surface area contributed by atoms with Gasteiger partial charge in [0.25, 0.3) is 0 Å². The largest absolute Gasteiger partial charge is 0.476 e. The molecule has 1 heterocycles. The molecule has 5 nitrogen and oxygen atoms in total. The van der Waals surface area contributed by atoms with Crippen LogP contribution in [0.1, 0.15) is 23.0 Å². The Balaban J connectivity index is 2.71. The Kier molecular flexibility index (Phi) is 4.11. The second-order valence-corrected chi connectivity index (χ2v) is 4.87. The van der Waals surface area contributed by atoms with Crippen LogP contribution in [-0.2, 0) is 6.42 Å². The molecule has 0 spiro atoms. The summed E-state index contributed by atoms with van der Waals surface area (Å²) in [4.78, 5) is 22.9. The van der Waals surface area contributed by atoms with E-state index in [9.17, 15) is 9.59 Å². The maximum absolute atomic E-state index is 11.9. The van der Waals surface area contributed by atoms with Crippen molar-refractivity contribution in [3.63, 3.8) is 0 Å². The van der Waals surface area contributed by atoms with Gasteiger partial charge in [-0.3, -0.25) is 4.79 Å². The normalized spacial score (nSPS) is 10.6. The molecule has 0 atom stereocenters. The Labute approximate surface area is 124 Å². The van der Waals surface area contributed by atoms with Crippen molar-refractivity contribution in [3.8, 4) is 5.69 Å². The van der Waals surface area contributed by atoms with Crippen molar-refractivity contribution in [1.29, 1.82) is 0 Å². The molecule has 0 bridgehead atoms. The molecule has 104 valence electrons. The van der Waals surface area contributed by atoms with E-state index in [1.165, 1.54) is 16.9 Å². The van der Waals surface area contributed by atoms with Crippen molar-refractivity contribution in [3.05, 3.63) is 55.9 Å². The topological polar surface area (TPSA) is 72.2 Å². The summed E-state index contributed by atoms with van der Waals surface area (Å²) < 4.78 is 1.28. The van der Waals surface area contributed by atoms with E-state index in [2.05, 4.69) is 5.10 Å². The minimum absolute atomic E-state index is 0.312. The molecule has 0 saturated heterocycles. The lowest BCUT2D eigenvalue weighted by Gasteiger charge is -2.10. The van der Waals surface area contributed by atoms with Crippen LogP contribution < -0.4 is 5.43 Å². The number of carboxylic acids is 1. The van der Waals surface area contributed by atoms with Gasteiger partial charge in [-0.1, -0.05) is 30.1 Å². The van der Waals surface area contributed by atoms with Gasteiger partial charge in [-0.2, -0.15) is 5.10 Å². The fourth-order valence-corrected chi connectivity index (χ4v) is 2.22. The Morgan fingerprint density at radius 1 is 1.40 bits per heavy atom. The molecular formula is C13H10Cl2N2O3. The number of halogens is 2. The molecule has 2 aromatic rings. The number of carboxylic acid groups (broad SMARTS) is 1. The van der Waals surface area contributed by atoms with Crippen LogP contribution in [0.15, 0.2) is 29.2 Å². The molecule has 1 aromatic carbocycles.